The first kappa shape index (κ1) is 58.9. The molecule has 0 aromatic heterocycles. The van der Waals surface area contributed by atoms with E-state index in [4.69, 9.17) is 23.7 Å². The number of benzene rings is 4. The van der Waals surface area contributed by atoms with Crippen LogP contribution in [0.5, 0.6) is 0 Å². The first-order chi connectivity index (χ1) is 35.9. The van der Waals surface area contributed by atoms with E-state index in [0.717, 1.165) is 11.1 Å². The Labute approximate surface area is 434 Å². The molecule has 0 unspecified atom stereocenters. The number of rotatable bonds is 29. The molecule has 0 saturated carbocycles. The Morgan fingerprint density at radius 3 is 1.12 bits per heavy atom. The summed E-state index contributed by atoms with van der Waals surface area (Å²) >= 11 is 0. The molecule has 3 atom stereocenters. The average molecular weight is 1040 g/mol. The molecule has 0 bridgehead atoms. The van der Waals surface area contributed by atoms with E-state index in [-0.39, 0.29) is 52.1 Å². The molecule has 0 aliphatic rings. The molecule has 21 nitrogen and oxygen atoms in total. The lowest BCUT2D eigenvalue weighted by Gasteiger charge is -2.21. The van der Waals surface area contributed by atoms with E-state index < -0.39 is 116 Å². The van der Waals surface area contributed by atoms with Gasteiger partial charge in [0, 0.05) is 19.3 Å². The molecule has 0 aliphatic heterocycles. The van der Waals surface area contributed by atoms with Gasteiger partial charge in [0.25, 0.3) is 0 Å². The minimum atomic E-state index is -1.50. The van der Waals surface area contributed by atoms with Crippen LogP contribution in [0.1, 0.15) is 81.5 Å². The highest BCUT2D eigenvalue weighted by Gasteiger charge is 2.28. The molecule has 6 N–H and O–H groups in total. The molecule has 4 rings (SSSR count). The van der Waals surface area contributed by atoms with Crippen LogP contribution >= 0.6 is 0 Å². The zero-order valence-electron chi connectivity index (χ0n) is 42.1. The van der Waals surface area contributed by atoms with Crippen LogP contribution in [0.25, 0.3) is 0 Å². The maximum atomic E-state index is 13.6. The number of carbonyl (C=O) groups excluding carboxylic acids is 10. The summed E-state index contributed by atoms with van der Waals surface area (Å²) in [7, 11) is 0. The van der Waals surface area contributed by atoms with Crippen LogP contribution in [-0.4, -0.2) is 103 Å². The molecule has 6 amide bonds. The smallest absolute Gasteiger partial charge is 0.408 e. The second-order valence-corrected chi connectivity index (χ2v) is 17.8. The average Bonchev–Trinajstić information content (AvgIpc) is 3.40. The minimum absolute atomic E-state index is 0.00292. The van der Waals surface area contributed by atoms with Crippen molar-refractivity contribution in [1.82, 2.24) is 31.9 Å². The van der Waals surface area contributed by atoms with Crippen LogP contribution in [0.2, 0.25) is 0 Å². The molecule has 4 aromatic carbocycles. The predicted octanol–water partition coefficient (Wildman–Crippen LogP) is 3.51. The van der Waals surface area contributed by atoms with Gasteiger partial charge in [-0.3, -0.25) is 33.6 Å². The molecule has 0 aliphatic carbocycles. The van der Waals surface area contributed by atoms with Gasteiger partial charge in [0.15, 0.2) is 0 Å². The van der Waals surface area contributed by atoms with Crippen molar-refractivity contribution in [3.05, 3.63) is 144 Å². The van der Waals surface area contributed by atoms with Crippen molar-refractivity contribution in [2.75, 3.05) is 19.6 Å². The number of amides is 6. The Kier molecular flexibility index (Phi) is 25.0. The predicted molar refractivity (Wildman–Crippen MR) is 269 cm³/mol. The van der Waals surface area contributed by atoms with Gasteiger partial charge in [0.1, 0.15) is 56.7 Å². The highest BCUT2D eigenvalue weighted by atomic mass is 16.6. The van der Waals surface area contributed by atoms with Crippen LogP contribution in [0.3, 0.4) is 0 Å². The molecule has 4 aromatic rings. The SMILES string of the molecule is CC(C)(C)OC(=O)NCC(=O)N[C@@H](CCC(=O)NCC(=O)N[C@@H](CCC(=O)OCc1ccccc1)C(=O)OCc1ccccc1)C(=O)NCC(=O)N[C@@H](CCC(=O)OCc1ccccc1)C(=O)OCc1ccccc1. The monoisotopic (exact) mass is 1040 g/mol. The summed E-state index contributed by atoms with van der Waals surface area (Å²) in [6, 6.07) is 31.2. The maximum absolute atomic E-state index is 13.6. The van der Waals surface area contributed by atoms with Crippen molar-refractivity contribution >= 4 is 59.5 Å². The molecule has 0 heterocycles. The standard InChI is InChI=1S/C54H64N6O15/c1-54(2,3)75-53(70)57-32-47(64)58-41(50(67)56-31-46(63)60-43(52(69)74-36-40-22-14-7-15-23-40)26-29-49(66)72-34-38-18-10-5-11-19-38)24-27-44(61)55-30-45(62)59-42(51(68)73-35-39-20-12-6-13-21-39)25-28-48(65)71-33-37-16-8-4-9-17-37/h4-23,41-43H,24-36H2,1-3H3,(H,55,61)(H,56,67)(H,57,70)(H,58,64)(H,59,62)(H,60,63)/t41-,42-,43-/m0/s1. The van der Waals surface area contributed by atoms with Gasteiger partial charge in [-0.15, -0.1) is 0 Å². The van der Waals surface area contributed by atoms with E-state index in [0.29, 0.717) is 11.1 Å². The van der Waals surface area contributed by atoms with Crippen LogP contribution < -0.4 is 31.9 Å². The summed E-state index contributed by atoms with van der Waals surface area (Å²) in [5.41, 5.74) is 1.93. The molecule has 75 heavy (non-hydrogen) atoms. The first-order valence-electron chi connectivity index (χ1n) is 24.1. The van der Waals surface area contributed by atoms with Crippen LogP contribution in [0, 0.1) is 0 Å². The highest BCUT2D eigenvalue weighted by molar-refractivity contribution is 5.93. The lowest BCUT2D eigenvalue weighted by molar-refractivity contribution is -0.151. The third-order valence-corrected chi connectivity index (χ3v) is 10.4. The number of nitrogens with one attached hydrogen (secondary N) is 6. The number of ether oxygens (including phenoxy) is 5. The number of esters is 4. The van der Waals surface area contributed by atoms with Gasteiger partial charge >= 0.3 is 30.0 Å². The summed E-state index contributed by atoms with van der Waals surface area (Å²) in [6.07, 6.45) is -2.75. The first-order valence-corrected chi connectivity index (χ1v) is 24.1. The van der Waals surface area contributed by atoms with Crippen molar-refractivity contribution < 1.29 is 71.6 Å². The van der Waals surface area contributed by atoms with Gasteiger partial charge in [-0.25, -0.2) is 14.4 Å². The topological polar surface area (TPSA) is 289 Å². The quantitative estimate of drug-likeness (QED) is 0.0335. The largest absolute Gasteiger partial charge is 0.461 e. The minimum Gasteiger partial charge on any atom is -0.461 e. The normalized spacial score (nSPS) is 11.9. The molecule has 0 saturated heterocycles. The van der Waals surface area contributed by atoms with Gasteiger partial charge in [-0.2, -0.15) is 0 Å². The van der Waals surface area contributed by atoms with Crippen molar-refractivity contribution in [3.63, 3.8) is 0 Å². The van der Waals surface area contributed by atoms with Crippen molar-refractivity contribution in [3.8, 4) is 0 Å². The number of hydrogen-bond donors (Lipinski definition) is 6. The highest BCUT2D eigenvalue weighted by Crippen LogP contribution is 2.11. The zero-order chi connectivity index (χ0) is 54.4. The fraction of sp³-hybridized carbons (Fsp3) is 0.370. The van der Waals surface area contributed by atoms with Crippen molar-refractivity contribution in [1.29, 1.82) is 0 Å². The molecule has 0 fully saturated rings. The fourth-order valence-corrected chi connectivity index (χ4v) is 6.61. The zero-order valence-corrected chi connectivity index (χ0v) is 42.1. The molecule has 0 spiro atoms. The summed E-state index contributed by atoms with van der Waals surface area (Å²) < 4.78 is 26.6. The third-order valence-electron chi connectivity index (χ3n) is 10.4. The second kappa shape index (κ2) is 31.8. The Morgan fingerprint density at radius 2 is 0.733 bits per heavy atom. The Hall–Kier alpha value is -8.62. The summed E-state index contributed by atoms with van der Waals surface area (Å²) in [5, 5.41) is 14.4. The summed E-state index contributed by atoms with van der Waals surface area (Å²) in [5.74, 6) is -7.29. The molecular weight excluding hydrogens is 973 g/mol. The van der Waals surface area contributed by atoms with Crippen LogP contribution in [0.4, 0.5) is 4.79 Å². The van der Waals surface area contributed by atoms with E-state index >= 15 is 0 Å². The Bertz CT molecular complexity index is 2510. The van der Waals surface area contributed by atoms with Crippen molar-refractivity contribution in [2.24, 2.45) is 0 Å². The van der Waals surface area contributed by atoms with Gasteiger partial charge in [0.2, 0.25) is 29.5 Å². The van der Waals surface area contributed by atoms with Crippen LogP contribution in [-0.2, 0) is 93.3 Å². The lowest BCUT2D eigenvalue weighted by Crippen LogP contribution is -2.52. The van der Waals surface area contributed by atoms with Gasteiger partial charge < -0.3 is 55.6 Å². The van der Waals surface area contributed by atoms with E-state index in [1.807, 2.05) is 12.1 Å². The van der Waals surface area contributed by atoms with E-state index in [1.54, 1.807) is 130 Å². The number of alkyl carbamates (subject to hydrolysis) is 1. The molecule has 400 valence electrons. The molecule has 21 heteroatoms. The third kappa shape index (κ3) is 25.1. The van der Waals surface area contributed by atoms with E-state index in [1.165, 1.54) is 0 Å². The Balaban J connectivity index is 1.35. The van der Waals surface area contributed by atoms with Crippen LogP contribution in [0.15, 0.2) is 121 Å². The summed E-state index contributed by atoms with van der Waals surface area (Å²) in [6.45, 7) is 2.52. The maximum Gasteiger partial charge on any atom is 0.408 e. The van der Waals surface area contributed by atoms with Gasteiger partial charge in [0.05, 0.1) is 13.1 Å². The second-order valence-electron chi connectivity index (χ2n) is 17.8. The number of carbonyl (C=O) groups is 10. The van der Waals surface area contributed by atoms with Gasteiger partial charge in [-0.05, 0) is 62.3 Å². The van der Waals surface area contributed by atoms with Crippen molar-refractivity contribution in [2.45, 2.75) is 109 Å². The fourth-order valence-electron chi connectivity index (χ4n) is 6.61. The molecule has 0 radical (unpaired) electrons. The lowest BCUT2D eigenvalue weighted by atomic mass is 10.1. The summed E-state index contributed by atoms with van der Waals surface area (Å²) in [4.78, 5) is 130. The van der Waals surface area contributed by atoms with Gasteiger partial charge in [-0.1, -0.05) is 121 Å². The van der Waals surface area contributed by atoms with E-state index in [2.05, 4.69) is 31.9 Å². The van der Waals surface area contributed by atoms with E-state index in [9.17, 15) is 47.9 Å². The Morgan fingerprint density at radius 1 is 0.400 bits per heavy atom. The molecular formula is C54H64N6O15. The number of hydrogen-bond acceptors (Lipinski definition) is 15.